The van der Waals surface area contributed by atoms with Gasteiger partial charge in [-0.15, -0.1) is 12.4 Å². The number of methoxy groups -OCH3 is 1. The number of nitrogens with two attached hydrogens (primary N) is 1. The zero-order chi connectivity index (χ0) is 8.27. The summed E-state index contributed by atoms with van der Waals surface area (Å²) in [7, 11) is 1.60. The zero-order valence-corrected chi connectivity index (χ0v) is 8.28. The van der Waals surface area contributed by atoms with E-state index in [1.807, 2.05) is 12.1 Å². The Kier molecular flexibility index (Phi) is 5.06. The van der Waals surface area contributed by atoms with Crippen LogP contribution in [-0.4, -0.2) is 7.11 Å². The quantitative estimate of drug-likeness (QED) is 0.808. The van der Waals surface area contributed by atoms with Crippen molar-refractivity contribution in [3.05, 3.63) is 28.8 Å². The minimum Gasteiger partial charge on any atom is -0.496 e. The highest BCUT2D eigenvalue weighted by atomic mass is 35.5. The van der Waals surface area contributed by atoms with Crippen molar-refractivity contribution in [2.75, 3.05) is 7.11 Å². The molecule has 0 saturated carbocycles. The number of ether oxygens (including phenoxy) is 1. The van der Waals surface area contributed by atoms with E-state index in [0.29, 0.717) is 11.6 Å². The Balaban J connectivity index is 0.00000121. The fraction of sp³-hybridized carbons (Fsp3) is 0.250. The minimum atomic E-state index is 0. The van der Waals surface area contributed by atoms with E-state index in [-0.39, 0.29) is 12.4 Å². The number of hydrogen-bond donors (Lipinski definition) is 1. The first-order chi connectivity index (χ1) is 5.29. The third-order valence-corrected chi connectivity index (χ3v) is 1.85. The Morgan fingerprint density at radius 3 is 2.58 bits per heavy atom. The zero-order valence-electron chi connectivity index (χ0n) is 6.71. The molecule has 4 heteroatoms. The monoisotopic (exact) mass is 207 g/mol. The highest BCUT2D eigenvalue weighted by molar-refractivity contribution is 6.31. The van der Waals surface area contributed by atoms with E-state index in [1.54, 1.807) is 13.2 Å². The van der Waals surface area contributed by atoms with Crippen LogP contribution < -0.4 is 10.5 Å². The molecule has 1 aromatic carbocycles. The van der Waals surface area contributed by atoms with Gasteiger partial charge in [0, 0.05) is 17.1 Å². The maximum absolute atomic E-state index is 5.85. The lowest BCUT2D eigenvalue weighted by atomic mass is 10.2. The molecule has 0 unspecified atom stereocenters. The molecule has 68 valence electrons. The molecule has 0 aliphatic rings. The molecule has 0 aromatic heterocycles. The highest BCUT2D eigenvalue weighted by Crippen LogP contribution is 2.24. The van der Waals surface area contributed by atoms with Crippen LogP contribution in [0.5, 0.6) is 5.75 Å². The molecular weight excluding hydrogens is 197 g/mol. The normalized spacial score (nSPS) is 8.92. The predicted molar refractivity (Wildman–Crippen MR) is 53.1 cm³/mol. The smallest absolute Gasteiger partial charge is 0.124 e. The molecule has 0 aliphatic heterocycles. The standard InChI is InChI=1S/C8H10ClNO.ClH/c1-11-8-4-2-3-7(9)6(8)5-10;/h2-4H,5,10H2,1H3;1H. The Morgan fingerprint density at radius 2 is 2.17 bits per heavy atom. The molecule has 0 saturated heterocycles. The molecule has 0 radical (unpaired) electrons. The van der Waals surface area contributed by atoms with Gasteiger partial charge in [-0.1, -0.05) is 17.7 Å². The van der Waals surface area contributed by atoms with Crippen LogP contribution in [0.15, 0.2) is 18.2 Å². The maximum atomic E-state index is 5.85. The largest absolute Gasteiger partial charge is 0.496 e. The second kappa shape index (κ2) is 5.25. The van der Waals surface area contributed by atoms with Gasteiger partial charge in [-0.2, -0.15) is 0 Å². The first kappa shape index (κ1) is 11.6. The van der Waals surface area contributed by atoms with Gasteiger partial charge in [0.2, 0.25) is 0 Å². The lowest BCUT2D eigenvalue weighted by Gasteiger charge is -2.06. The van der Waals surface area contributed by atoms with E-state index in [9.17, 15) is 0 Å². The summed E-state index contributed by atoms with van der Waals surface area (Å²) in [5.74, 6) is 0.750. The Hall–Kier alpha value is -0.440. The summed E-state index contributed by atoms with van der Waals surface area (Å²) in [6.07, 6.45) is 0. The van der Waals surface area contributed by atoms with E-state index < -0.39 is 0 Å². The lowest BCUT2D eigenvalue weighted by Crippen LogP contribution is -2.00. The van der Waals surface area contributed by atoms with Crippen LogP contribution >= 0.6 is 24.0 Å². The van der Waals surface area contributed by atoms with Gasteiger partial charge in [0.25, 0.3) is 0 Å². The molecule has 2 nitrogen and oxygen atoms in total. The van der Waals surface area contributed by atoms with Gasteiger partial charge < -0.3 is 10.5 Å². The second-order valence-corrected chi connectivity index (χ2v) is 2.53. The van der Waals surface area contributed by atoms with Crippen LogP contribution in [0, 0.1) is 0 Å². The van der Waals surface area contributed by atoms with E-state index in [2.05, 4.69) is 0 Å². The third-order valence-electron chi connectivity index (χ3n) is 1.50. The molecular formula is C8H11Cl2NO. The SMILES string of the molecule is COc1cccc(Cl)c1CN.Cl. The van der Waals surface area contributed by atoms with Crippen molar-refractivity contribution in [3.63, 3.8) is 0 Å². The van der Waals surface area contributed by atoms with Crippen LogP contribution in [0.1, 0.15) is 5.56 Å². The molecule has 0 heterocycles. The highest BCUT2D eigenvalue weighted by Gasteiger charge is 2.03. The van der Waals surface area contributed by atoms with E-state index in [4.69, 9.17) is 22.1 Å². The summed E-state index contributed by atoms with van der Waals surface area (Å²) in [5.41, 5.74) is 6.32. The van der Waals surface area contributed by atoms with Gasteiger partial charge in [0.1, 0.15) is 5.75 Å². The van der Waals surface area contributed by atoms with Gasteiger partial charge in [-0.05, 0) is 12.1 Å². The van der Waals surface area contributed by atoms with Crippen molar-refractivity contribution in [1.82, 2.24) is 0 Å². The van der Waals surface area contributed by atoms with Crippen LogP contribution in [0.3, 0.4) is 0 Å². The van der Waals surface area contributed by atoms with Crippen molar-refractivity contribution in [2.45, 2.75) is 6.54 Å². The second-order valence-electron chi connectivity index (χ2n) is 2.12. The summed E-state index contributed by atoms with van der Waals surface area (Å²) in [6, 6.07) is 5.47. The molecule has 1 rings (SSSR count). The van der Waals surface area contributed by atoms with Gasteiger partial charge in [0.15, 0.2) is 0 Å². The fourth-order valence-corrected chi connectivity index (χ4v) is 1.17. The predicted octanol–water partition coefficient (Wildman–Crippen LogP) is 2.23. The van der Waals surface area contributed by atoms with Crippen LogP contribution in [0.25, 0.3) is 0 Å². The molecule has 0 amide bonds. The topological polar surface area (TPSA) is 35.2 Å². The van der Waals surface area contributed by atoms with Crippen molar-refractivity contribution in [1.29, 1.82) is 0 Å². The Labute approximate surface area is 83.1 Å². The summed E-state index contributed by atoms with van der Waals surface area (Å²) >= 11 is 5.85. The molecule has 0 bridgehead atoms. The minimum absolute atomic E-state index is 0. The first-order valence-corrected chi connectivity index (χ1v) is 3.69. The molecule has 12 heavy (non-hydrogen) atoms. The summed E-state index contributed by atoms with van der Waals surface area (Å²) < 4.78 is 5.05. The average molecular weight is 208 g/mol. The number of halogens is 2. The molecule has 0 spiro atoms. The Morgan fingerprint density at radius 1 is 1.50 bits per heavy atom. The van der Waals surface area contributed by atoms with Crippen LogP contribution in [0.2, 0.25) is 5.02 Å². The van der Waals surface area contributed by atoms with Crippen LogP contribution in [0.4, 0.5) is 0 Å². The van der Waals surface area contributed by atoms with Gasteiger partial charge >= 0.3 is 0 Å². The number of benzene rings is 1. The maximum Gasteiger partial charge on any atom is 0.124 e. The molecule has 2 N–H and O–H groups in total. The Bertz CT molecular complexity index is 253. The van der Waals surface area contributed by atoms with Crippen molar-refractivity contribution in [2.24, 2.45) is 5.73 Å². The summed E-state index contributed by atoms with van der Waals surface area (Å²) in [5, 5.41) is 0.659. The summed E-state index contributed by atoms with van der Waals surface area (Å²) in [6.45, 7) is 0.406. The lowest BCUT2D eigenvalue weighted by molar-refractivity contribution is 0.410. The fourth-order valence-electron chi connectivity index (χ4n) is 0.928. The van der Waals surface area contributed by atoms with Crippen LogP contribution in [-0.2, 0) is 6.54 Å². The number of rotatable bonds is 2. The third kappa shape index (κ3) is 2.27. The summed E-state index contributed by atoms with van der Waals surface area (Å²) in [4.78, 5) is 0. The van der Waals surface area contributed by atoms with Gasteiger partial charge in [-0.3, -0.25) is 0 Å². The van der Waals surface area contributed by atoms with E-state index >= 15 is 0 Å². The number of hydrogen-bond acceptors (Lipinski definition) is 2. The van der Waals surface area contributed by atoms with Gasteiger partial charge in [0.05, 0.1) is 7.11 Å². The van der Waals surface area contributed by atoms with E-state index in [1.165, 1.54) is 0 Å². The van der Waals surface area contributed by atoms with Gasteiger partial charge in [-0.25, -0.2) is 0 Å². The van der Waals surface area contributed by atoms with Crippen molar-refractivity contribution < 1.29 is 4.74 Å². The van der Waals surface area contributed by atoms with Crippen molar-refractivity contribution >= 4 is 24.0 Å². The molecule has 0 fully saturated rings. The van der Waals surface area contributed by atoms with E-state index in [0.717, 1.165) is 11.3 Å². The molecule has 0 aliphatic carbocycles. The average Bonchev–Trinajstić information content (AvgIpc) is 2.04. The first-order valence-electron chi connectivity index (χ1n) is 3.31. The van der Waals surface area contributed by atoms with Crippen molar-refractivity contribution in [3.8, 4) is 5.75 Å². The molecule has 0 atom stereocenters. The molecule has 1 aromatic rings.